The smallest absolute Gasteiger partial charge is 0.257 e. The number of carbonyl (C=O) groups excluding carboxylic acids is 1. The Labute approximate surface area is 123 Å². The van der Waals surface area contributed by atoms with E-state index in [-0.39, 0.29) is 17.2 Å². The van der Waals surface area contributed by atoms with Crippen LogP contribution in [-0.4, -0.2) is 27.1 Å². The molecule has 0 aliphatic rings. The number of nitrogens with one attached hydrogen (secondary N) is 2. The van der Waals surface area contributed by atoms with Crippen molar-refractivity contribution in [1.29, 1.82) is 0 Å². The maximum atomic E-state index is 13.7. The van der Waals surface area contributed by atoms with Crippen LogP contribution in [0.2, 0.25) is 0 Å². The molecule has 0 unspecified atom stereocenters. The molecule has 0 saturated heterocycles. The van der Waals surface area contributed by atoms with E-state index in [1.54, 1.807) is 19.2 Å². The normalized spacial score (nSPS) is 10.1. The topological polar surface area (TPSA) is 44.4 Å². The minimum atomic E-state index is -0.452. The first kappa shape index (κ1) is 14.8. The largest absolute Gasteiger partial charge is 0.385 e. The lowest BCUT2D eigenvalue weighted by molar-refractivity contribution is 0.102. The average molecular weight is 287 g/mol. The van der Waals surface area contributed by atoms with Crippen molar-refractivity contribution in [3.8, 4) is 0 Å². The molecule has 0 aliphatic heterocycles. The number of nitrogens with zero attached hydrogens (tertiary/aromatic N) is 1. The monoisotopic (exact) mass is 287 g/mol. The Morgan fingerprint density at radius 3 is 2.52 bits per heavy atom. The number of anilines is 3. The summed E-state index contributed by atoms with van der Waals surface area (Å²) in [4.78, 5) is 14.2. The van der Waals surface area contributed by atoms with Crippen LogP contribution < -0.4 is 15.5 Å². The predicted octanol–water partition coefficient (Wildman–Crippen LogP) is 3.19. The van der Waals surface area contributed by atoms with E-state index in [4.69, 9.17) is 0 Å². The van der Waals surface area contributed by atoms with Gasteiger partial charge in [-0.2, -0.15) is 0 Å². The first-order valence-electron chi connectivity index (χ1n) is 6.58. The molecule has 0 fully saturated rings. The minimum Gasteiger partial charge on any atom is -0.385 e. The van der Waals surface area contributed by atoms with Crippen molar-refractivity contribution in [3.05, 3.63) is 53.8 Å². The van der Waals surface area contributed by atoms with Gasteiger partial charge >= 0.3 is 0 Å². The standard InChI is InChI=1S/C16H18FN3O/c1-18-15-13(8-5-9-14(15)17)16(21)19-11-6-4-7-12(10-11)20(2)3/h4-10,18H,1-3H3,(H,19,21). The Hall–Kier alpha value is -2.56. The number of amides is 1. The van der Waals surface area contributed by atoms with Crippen molar-refractivity contribution in [2.24, 2.45) is 0 Å². The molecule has 2 aromatic rings. The Morgan fingerprint density at radius 2 is 1.86 bits per heavy atom. The molecule has 21 heavy (non-hydrogen) atoms. The molecular weight excluding hydrogens is 269 g/mol. The number of rotatable bonds is 4. The highest BCUT2D eigenvalue weighted by Crippen LogP contribution is 2.22. The van der Waals surface area contributed by atoms with E-state index >= 15 is 0 Å². The summed E-state index contributed by atoms with van der Waals surface area (Å²) >= 11 is 0. The Balaban J connectivity index is 2.26. The fraction of sp³-hybridized carbons (Fsp3) is 0.188. The van der Waals surface area contributed by atoms with Gasteiger partial charge in [0.15, 0.2) is 0 Å². The lowest BCUT2D eigenvalue weighted by atomic mass is 10.1. The lowest BCUT2D eigenvalue weighted by Gasteiger charge is -2.15. The van der Waals surface area contributed by atoms with Gasteiger partial charge < -0.3 is 15.5 Å². The molecule has 0 aromatic heterocycles. The number of para-hydroxylation sites is 1. The number of hydrogen-bond acceptors (Lipinski definition) is 3. The lowest BCUT2D eigenvalue weighted by Crippen LogP contribution is -2.15. The molecule has 0 aliphatic carbocycles. The van der Waals surface area contributed by atoms with Gasteiger partial charge in [0.05, 0.1) is 11.3 Å². The second-order valence-corrected chi connectivity index (χ2v) is 4.81. The van der Waals surface area contributed by atoms with Gasteiger partial charge in [0.25, 0.3) is 5.91 Å². The zero-order valence-corrected chi connectivity index (χ0v) is 12.3. The molecule has 0 bridgehead atoms. The number of benzene rings is 2. The Morgan fingerprint density at radius 1 is 1.14 bits per heavy atom. The van der Waals surface area contributed by atoms with Crippen LogP contribution in [0.4, 0.5) is 21.5 Å². The molecule has 0 atom stereocenters. The molecule has 1 amide bonds. The minimum absolute atomic E-state index is 0.193. The molecule has 2 N–H and O–H groups in total. The van der Waals surface area contributed by atoms with E-state index in [1.165, 1.54) is 12.1 Å². The van der Waals surface area contributed by atoms with Crippen molar-refractivity contribution in [2.45, 2.75) is 0 Å². The zero-order chi connectivity index (χ0) is 15.4. The third kappa shape index (κ3) is 3.31. The summed E-state index contributed by atoms with van der Waals surface area (Å²) in [5.41, 5.74) is 2.10. The number of halogens is 1. The van der Waals surface area contributed by atoms with Crippen molar-refractivity contribution >= 4 is 23.0 Å². The van der Waals surface area contributed by atoms with E-state index in [9.17, 15) is 9.18 Å². The predicted molar refractivity (Wildman–Crippen MR) is 84.7 cm³/mol. The summed E-state index contributed by atoms with van der Waals surface area (Å²) in [6.45, 7) is 0. The van der Waals surface area contributed by atoms with Crippen molar-refractivity contribution in [3.63, 3.8) is 0 Å². The van der Waals surface area contributed by atoms with E-state index in [1.807, 2.05) is 37.2 Å². The number of carbonyl (C=O) groups is 1. The van der Waals surface area contributed by atoms with Crippen LogP contribution in [-0.2, 0) is 0 Å². The number of hydrogen-bond donors (Lipinski definition) is 2. The van der Waals surface area contributed by atoms with Gasteiger partial charge in [-0.05, 0) is 30.3 Å². The molecule has 5 heteroatoms. The SMILES string of the molecule is CNc1c(F)cccc1C(=O)Nc1cccc(N(C)C)c1. The maximum Gasteiger partial charge on any atom is 0.257 e. The summed E-state index contributed by atoms with van der Waals surface area (Å²) in [5.74, 6) is -0.804. The fourth-order valence-corrected chi connectivity index (χ4v) is 2.03. The molecule has 2 aromatic carbocycles. The van der Waals surface area contributed by atoms with Crippen LogP contribution >= 0.6 is 0 Å². The van der Waals surface area contributed by atoms with Crippen LogP contribution in [0.25, 0.3) is 0 Å². The maximum absolute atomic E-state index is 13.7. The van der Waals surface area contributed by atoms with Crippen LogP contribution in [0.5, 0.6) is 0 Å². The van der Waals surface area contributed by atoms with Gasteiger partial charge in [0, 0.05) is 32.5 Å². The molecule has 2 rings (SSSR count). The first-order valence-corrected chi connectivity index (χ1v) is 6.58. The quantitative estimate of drug-likeness (QED) is 0.907. The molecular formula is C16H18FN3O. The summed E-state index contributed by atoms with van der Waals surface area (Å²) in [7, 11) is 5.43. The second kappa shape index (κ2) is 6.26. The summed E-state index contributed by atoms with van der Waals surface area (Å²) in [6.07, 6.45) is 0. The highest BCUT2D eigenvalue weighted by molar-refractivity contribution is 6.08. The third-order valence-corrected chi connectivity index (χ3v) is 3.13. The van der Waals surface area contributed by atoms with E-state index in [0.717, 1.165) is 5.69 Å². The van der Waals surface area contributed by atoms with E-state index < -0.39 is 5.82 Å². The van der Waals surface area contributed by atoms with Gasteiger partial charge in [-0.25, -0.2) is 4.39 Å². The highest BCUT2D eigenvalue weighted by Gasteiger charge is 2.14. The summed E-state index contributed by atoms with van der Waals surface area (Å²) < 4.78 is 13.7. The van der Waals surface area contributed by atoms with Gasteiger partial charge in [0.2, 0.25) is 0 Å². The van der Waals surface area contributed by atoms with Gasteiger partial charge in [-0.3, -0.25) is 4.79 Å². The van der Waals surface area contributed by atoms with Crippen LogP contribution in [0.1, 0.15) is 10.4 Å². The third-order valence-electron chi connectivity index (χ3n) is 3.13. The molecule has 0 radical (unpaired) electrons. The molecule has 4 nitrogen and oxygen atoms in total. The van der Waals surface area contributed by atoms with Crippen molar-refractivity contribution in [1.82, 2.24) is 0 Å². The van der Waals surface area contributed by atoms with Gasteiger partial charge in [0.1, 0.15) is 5.82 Å². The highest BCUT2D eigenvalue weighted by atomic mass is 19.1. The second-order valence-electron chi connectivity index (χ2n) is 4.81. The van der Waals surface area contributed by atoms with Gasteiger partial charge in [-0.15, -0.1) is 0 Å². The molecule has 110 valence electrons. The zero-order valence-electron chi connectivity index (χ0n) is 12.3. The van der Waals surface area contributed by atoms with E-state index in [0.29, 0.717) is 5.69 Å². The summed E-state index contributed by atoms with van der Waals surface area (Å²) in [6, 6.07) is 11.9. The van der Waals surface area contributed by atoms with Crippen molar-refractivity contribution in [2.75, 3.05) is 36.7 Å². The Bertz CT molecular complexity index is 656. The van der Waals surface area contributed by atoms with E-state index in [2.05, 4.69) is 10.6 Å². The van der Waals surface area contributed by atoms with Gasteiger partial charge in [-0.1, -0.05) is 12.1 Å². The van der Waals surface area contributed by atoms with Crippen LogP contribution in [0.3, 0.4) is 0 Å². The molecule has 0 spiro atoms. The average Bonchev–Trinajstić information content (AvgIpc) is 2.47. The summed E-state index contributed by atoms with van der Waals surface area (Å²) in [5, 5.41) is 5.50. The Kier molecular flexibility index (Phi) is 4.42. The first-order chi connectivity index (χ1) is 10.0. The fourth-order valence-electron chi connectivity index (χ4n) is 2.03. The van der Waals surface area contributed by atoms with Crippen LogP contribution in [0, 0.1) is 5.82 Å². The molecule has 0 saturated carbocycles. The molecule has 0 heterocycles. The van der Waals surface area contributed by atoms with Crippen LogP contribution in [0.15, 0.2) is 42.5 Å². The van der Waals surface area contributed by atoms with Crippen molar-refractivity contribution < 1.29 is 9.18 Å².